The van der Waals surface area contributed by atoms with Gasteiger partial charge in [0.05, 0.1) is 18.6 Å². The molecule has 1 fully saturated rings. The summed E-state index contributed by atoms with van der Waals surface area (Å²) in [6.45, 7) is 7.67. The molecule has 25 heavy (non-hydrogen) atoms. The molecule has 1 aromatic heterocycles. The SMILES string of the molecule is CCOC(=O)C1CCN([C@@H](C)C(=O)c2c(C)[nH]c3ccccc23)CC1. The number of ketones is 1. The summed E-state index contributed by atoms with van der Waals surface area (Å²) >= 11 is 0. The van der Waals surface area contributed by atoms with Crippen molar-refractivity contribution in [1.82, 2.24) is 9.88 Å². The monoisotopic (exact) mass is 342 g/mol. The zero-order valence-corrected chi connectivity index (χ0v) is 15.2. The van der Waals surface area contributed by atoms with Crippen LogP contribution in [0.2, 0.25) is 0 Å². The highest BCUT2D eigenvalue weighted by atomic mass is 16.5. The lowest BCUT2D eigenvalue weighted by Crippen LogP contribution is -2.45. The van der Waals surface area contributed by atoms with Crippen molar-refractivity contribution in [1.29, 1.82) is 0 Å². The average Bonchev–Trinajstić information content (AvgIpc) is 2.96. The van der Waals surface area contributed by atoms with Crippen molar-refractivity contribution in [2.24, 2.45) is 5.92 Å². The number of para-hydroxylation sites is 1. The molecule has 0 unspecified atom stereocenters. The largest absolute Gasteiger partial charge is 0.466 e. The highest BCUT2D eigenvalue weighted by Gasteiger charge is 2.32. The number of esters is 1. The molecule has 1 aliphatic heterocycles. The number of Topliss-reactive ketones (excluding diaryl/α,β-unsaturated/α-hetero) is 1. The maximum atomic E-state index is 13.1. The van der Waals surface area contributed by atoms with E-state index >= 15 is 0 Å². The van der Waals surface area contributed by atoms with Gasteiger partial charge in [-0.2, -0.15) is 0 Å². The Morgan fingerprint density at radius 3 is 2.64 bits per heavy atom. The van der Waals surface area contributed by atoms with Gasteiger partial charge in [-0.15, -0.1) is 0 Å². The van der Waals surface area contributed by atoms with Crippen LogP contribution in [0.1, 0.15) is 42.7 Å². The Morgan fingerprint density at radius 2 is 1.96 bits per heavy atom. The molecular formula is C20H26N2O3. The molecule has 5 heteroatoms. The van der Waals surface area contributed by atoms with Crippen LogP contribution in [0.3, 0.4) is 0 Å². The fraction of sp³-hybridized carbons (Fsp3) is 0.500. The summed E-state index contributed by atoms with van der Waals surface area (Å²) in [7, 11) is 0. The van der Waals surface area contributed by atoms with Gasteiger partial charge in [-0.05, 0) is 52.8 Å². The summed E-state index contributed by atoms with van der Waals surface area (Å²) in [5, 5.41) is 0.984. The smallest absolute Gasteiger partial charge is 0.309 e. The van der Waals surface area contributed by atoms with E-state index in [4.69, 9.17) is 4.74 Å². The molecule has 0 bridgehead atoms. The number of carbonyl (C=O) groups is 2. The van der Waals surface area contributed by atoms with E-state index in [0.717, 1.165) is 48.1 Å². The van der Waals surface area contributed by atoms with Crippen molar-refractivity contribution >= 4 is 22.7 Å². The predicted octanol–water partition coefficient (Wildman–Crippen LogP) is 3.32. The fourth-order valence-corrected chi connectivity index (χ4v) is 3.75. The molecule has 134 valence electrons. The molecule has 0 saturated carbocycles. The lowest BCUT2D eigenvalue weighted by molar-refractivity contribution is -0.149. The Labute approximate surface area is 148 Å². The number of fused-ring (bicyclic) bond motifs is 1. The summed E-state index contributed by atoms with van der Waals surface area (Å²) in [6, 6.07) is 7.72. The molecular weight excluding hydrogens is 316 g/mol. The second-order valence-corrected chi connectivity index (χ2v) is 6.77. The minimum atomic E-state index is -0.193. The molecule has 0 aliphatic carbocycles. The number of piperidine rings is 1. The highest BCUT2D eigenvalue weighted by molar-refractivity contribution is 6.11. The first kappa shape index (κ1) is 17.7. The van der Waals surface area contributed by atoms with Crippen molar-refractivity contribution in [3.05, 3.63) is 35.5 Å². The van der Waals surface area contributed by atoms with E-state index in [1.165, 1.54) is 0 Å². The van der Waals surface area contributed by atoms with Gasteiger partial charge in [-0.25, -0.2) is 0 Å². The van der Waals surface area contributed by atoms with Crippen LogP contribution in [-0.2, 0) is 9.53 Å². The van der Waals surface area contributed by atoms with Crippen LogP contribution in [0, 0.1) is 12.8 Å². The Balaban J connectivity index is 1.71. The van der Waals surface area contributed by atoms with E-state index in [2.05, 4.69) is 9.88 Å². The first-order valence-corrected chi connectivity index (χ1v) is 9.05. The Kier molecular flexibility index (Phi) is 5.23. The molecule has 1 aromatic carbocycles. The molecule has 3 rings (SSSR count). The zero-order valence-electron chi connectivity index (χ0n) is 15.2. The second-order valence-electron chi connectivity index (χ2n) is 6.77. The summed E-state index contributed by atoms with van der Waals surface area (Å²) in [5.74, 6) is 0.00599. The van der Waals surface area contributed by atoms with Gasteiger partial charge in [-0.3, -0.25) is 14.5 Å². The van der Waals surface area contributed by atoms with Gasteiger partial charge in [0.2, 0.25) is 0 Å². The van der Waals surface area contributed by atoms with Crippen molar-refractivity contribution in [2.45, 2.75) is 39.7 Å². The molecule has 2 heterocycles. The first-order valence-electron chi connectivity index (χ1n) is 9.05. The summed E-state index contributed by atoms with van der Waals surface area (Å²) < 4.78 is 5.12. The number of benzene rings is 1. The number of rotatable bonds is 5. The van der Waals surface area contributed by atoms with Gasteiger partial charge in [0.15, 0.2) is 5.78 Å². The van der Waals surface area contributed by atoms with E-state index in [-0.39, 0.29) is 23.7 Å². The third-order valence-corrected chi connectivity index (χ3v) is 5.22. The zero-order chi connectivity index (χ0) is 18.0. The van der Waals surface area contributed by atoms with Gasteiger partial charge in [0, 0.05) is 22.2 Å². The number of aromatic nitrogens is 1. The van der Waals surface area contributed by atoms with Gasteiger partial charge in [-0.1, -0.05) is 18.2 Å². The van der Waals surface area contributed by atoms with Crippen LogP contribution in [0.4, 0.5) is 0 Å². The molecule has 5 nitrogen and oxygen atoms in total. The second kappa shape index (κ2) is 7.40. The Bertz CT molecular complexity index is 772. The Hall–Kier alpha value is -2.14. The first-order chi connectivity index (χ1) is 12.0. The van der Waals surface area contributed by atoms with Gasteiger partial charge in [0.1, 0.15) is 0 Å². The van der Waals surface area contributed by atoms with Crippen LogP contribution in [-0.4, -0.2) is 47.4 Å². The van der Waals surface area contributed by atoms with Crippen LogP contribution in [0.15, 0.2) is 24.3 Å². The number of hydrogen-bond acceptors (Lipinski definition) is 4. The number of carbonyl (C=O) groups excluding carboxylic acids is 2. The molecule has 1 atom stereocenters. The summed E-state index contributed by atoms with van der Waals surface area (Å²) in [5.41, 5.74) is 2.70. The number of ether oxygens (including phenoxy) is 1. The number of aromatic amines is 1. The van der Waals surface area contributed by atoms with Crippen molar-refractivity contribution < 1.29 is 14.3 Å². The lowest BCUT2D eigenvalue weighted by Gasteiger charge is -2.34. The molecule has 1 aliphatic rings. The third kappa shape index (κ3) is 3.47. The topological polar surface area (TPSA) is 62.4 Å². The number of likely N-dealkylation sites (tertiary alicyclic amines) is 1. The molecule has 0 amide bonds. The normalized spacial score (nSPS) is 17.6. The lowest BCUT2D eigenvalue weighted by atomic mass is 9.94. The molecule has 1 saturated heterocycles. The van der Waals surface area contributed by atoms with E-state index in [0.29, 0.717) is 6.61 Å². The maximum Gasteiger partial charge on any atom is 0.309 e. The summed E-state index contributed by atoms with van der Waals surface area (Å²) in [4.78, 5) is 30.5. The van der Waals surface area contributed by atoms with Gasteiger partial charge in [0.25, 0.3) is 0 Å². The number of H-pyrrole nitrogens is 1. The standard InChI is InChI=1S/C20H26N2O3/c1-4-25-20(24)15-9-11-22(12-10-15)14(3)19(23)18-13(2)21-17-8-6-5-7-16(17)18/h5-8,14-15,21H,4,9-12H2,1-3H3/t14-/m0/s1. The maximum absolute atomic E-state index is 13.1. The number of aryl methyl sites for hydroxylation is 1. The summed E-state index contributed by atoms with van der Waals surface area (Å²) in [6.07, 6.45) is 1.51. The quantitative estimate of drug-likeness (QED) is 0.669. The predicted molar refractivity (Wildman–Crippen MR) is 97.8 cm³/mol. The van der Waals surface area contributed by atoms with Crippen LogP contribution in [0.5, 0.6) is 0 Å². The van der Waals surface area contributed by atoms with E-state index in [1.807, 2.05) is 45.0 Å². The van der Waals surface area contributed by atoms with Crippen molar-refractivity contribution in [2.75, 3.05) is 19.7 Å². The van der Waals surface area contributed by atoms with Crippen LogP contribution in [0.25, 0.3) is 10.9 Å². The molecule has 0 radical (unpaired) electrons. The van der Waals surface area contributed by atoms with Crippen molar-refractivity contribution in [3.8, 4) is 0 Å². The third-order valence-electron chi connectivity index (χ3n) is 5.22. The van der Waals surface area contributed by atoms with E-state index in [9.17, 15) is 9.59 Å². The van der Waals surface area contributed by atoms with Crippen LogP contribution < -0.4 is 0 Å². The van der Waals surface area contributed by atoms with Gasteiger partial charge < -0.3 is 9.72 Å². The van der Waals surface area contributed by atoms with E-state index in [1.54, 1.807) is 0 Å². The number of hydrogen-bond donors (Lipinski definition) is 1. The fourth-order valence-electron chi connectivity index (χ4n) is 3.75. The minimum absolute atomic E-state index is 0.0340. The Morgan fingerprint density at radius 1 is 1.28 bits per heavy atom. The number of nitrogens with zero attached hydrogens (tertiary/aromatic N) is 1. The van der Waals surface area contributed by atoms with Crippen molar-refractivity contribution in [3.63, 3.8) is 0 Å². The minimum Gasteiger partial charge on any atom is -0.466 e. The average molecular weight is 342 g/mol. The van der Waals surface area contributed by atoms with Crippen LogP contribution >= 0.6 is 0 Å². The molecule has 1 N–H and O–H groups in total. The molecule has 2 aromatic rings. The highest BCUT2D eigenvalue weighted by Crippen LogP contribution is 2.26. The molecule has 0 spiro atoms. The van der Waals surface area contributed by atoms with E-state index < -0.39 is 0 Å². The number of nitrogens with one attached hydrogen (secondary N) is 1. The van der Waals surface area contributed by atoms with Gasteiger partial charge >= 0.3 is 5.97 Å².